The Bertz CT molecular complexity index is 728. The van der Waals surface area contributed by atoms with Crippen LogP contribution in [-0.2, 0) is 11.0 Å². The molecule has 2 rings (SSSR count). The number of nitrogens with zero attached hydrogens (tertiary/aromatic N) is 1. The number of hydrogen-bond acceptors (Lipinski definition) is 3. The van der Waals surface area contributed by atoms with Crippen molar-refractivity contribution in [1.82, 2.24) is 0 Å². The van der Waals surface area contributed by atoms with Crippen molar-refractivity contribution in [3.8, 4) is 11.5 Å². The Morgan fingerprint density at radius 2 is 1.68 bits per heavy atom. The van der Waals surface area contributed by atoms with Gasteiger partial charge in [0, 0.05) is 6.07 Å². The van der Waals surface area contributed by atoms with Crippen molar-refractivity contribution in [1.29, 1.82) is 0 Å². The Hall–Kier alpha value is -2.73. The first-order valence-corrected chi connectivity index (χ1v) is 5.73. The van der Waals surface area contributed by atoms with Crippen LogP contribution in [0.25, 0.3) is 0 Å². The van der Waals surface area contributed by atoms with Crippen LogP contribution in [0.15, 0.2) is 41.4 Å². The molecule has 0 N–H and O–H groups in total. The fraction of sp³-hybridized carbons (Fsp3) is 0.0714. The highest BCUT2D eigenvalue weighted by molar-refractivity contribution is 5.52. The molecule has 0 amide bonds. The average Bonchev–Trinajstić information content (AvgIpc) is 2.42. The molecule has 3 nitrogen and oxygen atoms in total. The Kier molecular flexibility index (Phi) is 4.23. The van der Waals surface area contributed by atoms with Gasteiger partial charge in [-0.15, -0.1) is 0 Å². The van der Waals surface area contributed by atoms with E-state index in [1.807, 2.05) is 0 Å². The van der Waals surface area contributed by atoms with E-state index in [0.717, 1.165) is 0 Å². The summed E-state index contributed by atoms with van der Waals surface area (Å²) in [5.74, 6) is -4.09. The second kappa shape index (κ2) is 5.95. The predicted octanol–water partition coefficient (Wildman–Crippen LogP) is 4.74. The lowest BCUT2D eigenvalue weighted by molar-refractivity contribution is -0.138. The van der Waals surface area contributed by atoms with Crippen LogP contribution in [0.4, 0.5) is 27.6 Å². The van der Waals surface area contributed by atoms with Crippen LogP contribution in [0.5, 0.6) is 11.5 Å². The van der Waals surface area contributed by atoms with Gasteiger partial charge in [0.2, 0.25) is 6.08 Å². The van der Waals surface area contributed by atoms with Gasteiger partial charge < -0.3 is 4.74 Å². The molecule has 0 aliphatic rings. The molecule has 114 valence electrons. The number of aliphatic imine (C=N–C) groups is 1. The van der Waals surface area contributed by atoms with Crippen molar-refractivity contribution < 1.29 is 31.5 Å². The maximum absolute atomic E-state index is 13.6. The molecule has 2 aromatic carbocycles. The first-order chi connectivity index (χ1) is 10.3. The first-order valence-electron chi connectivity index (χ1n) is 5.73. The topological polar surface area (TPSA) is 38.7 Å². The first kappa shape index (κ1) is 15.7. The molecule has 0 aliphatic heterocycles. The lowest BCUT2D eigenvalue weighted by Gasteiger charge is -2.11. The molecule has 0 unspecified atom stereocenters. The molecule has 0 aliphatic carbocycles. The van der Waals surface area contributed by atoms with Gasteiger partial charge in [-0.25, -0.2) is 13.6 Å². The summed E-state index contributed by atoms with van der Waals surface area (Å²) >= 11 is 0. The molecule has 0 atom stereocenters. The van der Waals surface area contributed by atoms with Gasteiger partial charge in [0.1, 0.15) is 5.75 Å². The van der Waals surface area contributed by atoms with Gasteiger partial charge in [-0.05, 0) is 24.3 Å². The Morgan fingerprint density at radius 3 is 2.23 bits per heavy atom. The van der Waals surface area contributed by atoms with Crippen LogP contribution < -0.4 is 4.74 Å². The third-order valence-corrected chi connectivity index (χ3v) is 2.54. The van der Waals surface area contributed by atoms with Crippen LogP contribution in [0.1, 0.15) is 5.56 Å². The van der Waals surface area contributed by atoms with Gasteiger partial charge in [-0.2, -0.15) is 18.2 Å². The van der Waals surface area contributed by atoms with Gasteiger partial charge in [0.05, 0.1) is 11.3 Å². The summed E-state index contributed by atoms with van der Waals surface area (Å²) in [6.07, 6.45) is -3.61. The molecule has 2 aromatic rings. The van der Waals surface area contributed by atoms with E-state index in [9.17, 15) is 26.7 Å². The van der Waals surface area contributed by atoms with E-state index in [-0.39, 0.29) is 23.6 Å². The van der Waals surface area contributed by atoms with Gasteiger partial charge in [-0.3, -0.25) is 0 Å². The summed E-state index contributed by atoms with van der Waals surface area (Å²) in [6.45, 7) is 0. The minimum Gasteiger partial charge on any atom is -0.451 e. The third kappa shape index (κ3) is 3.48. The fourth-order valence-electron chi connectivity index (χ4n) is 1.61. The molecule has 0 heterocycles. The number of halogens is 5. The molecular weight excluding hydrogens is 309 g/mol. The summed E-state index contributed by atoms with van der Waals surface area (Å²) in [7, 11) is 0. The largest absolute Gasteiger partial charge is 0.451 e. The summed E-state index contributed by atoms with van der Waals surface area (Å²) in [5, 5.41) is 0. The highest BCUT2D eigenvalue weighted by Crippen LogP contribution is 2.35. The van der Waals surface area contributed by atoms with Gasteiger partial charge in [-0.1, -0.05) is 6.07 Å². The number of isocyanates is 1. The molecule has 0 spiro atoms. The van der Waals surface area contributed by atoms with Gasteiger partial charge in [0.15, 0.2) is 17.4 Å². The zero-order valence-corrected chi connectivity index (χ0v) is 10.6. The average molecular weight is 315 g/mol. The standard InChI is InChI=1S/C14H6F5NO2/c15-11-4-8(14(17,18)19)5-12(16)13(11)22-10-3-1-2-9(6-10)20-7-21/h1-6H. The number of rotatable bonds is 3. The molecule has 0 aromatic heterocycles. The van der Waals surface area contributed by atoms with E-state index in [1.165, 1.54) is 30.3 Å². The van der Waals surface area contributed by atoms with E-state index in [0.29, 0.717) is 0 Å². The molecule has 0 saturated carbocycles. The van der Waals surface area contributed by atoms with E-state index in [1.54, 1.807) is 0 Å². The number of carbonyl (C=O) groups excluding carboxylic acids is 1. The number of benzene rings is 2. The molecule has 22 heavy (non-hydrogen) atoms. The van der Waals surface area contributed by atoms with Crippen molar-refractivity contribution in [3.05, 3.63) is 53.6 Å². The monoisotopic (exact) mass is 315 g/mol. The van der Waals surface area contributed by atoms with Crippen LogP contribution in [0.3, 0.4) is 0 Å². The van der Waals surface area contributed by atoms with Gasteiger partial charge >= 0.3 is 6.18 Å². The van der Waals surface area contributed by atoms with E-state index in [4.69, 9.17) is 4.74 Å². The lowest BCUT2D eigenvalue weighted by atomic mass is 10.2. The van der Waals surface area contributed by atoms with E-state index >= 15 is 0 Å². The molecule has 0 saturated heterocycles. The Labute approximate surface area is 120 Å². The van der Waals surface area contributed by atoms with E-state index in [2.05, 4.69) is 4.99 Å². The smallest absolute Gasteiger partial charge is 0.416 e. The highest BCUT2D eigenvalue weighted by atomic mass is 19.4. The predicted molar refractivity (Wildman–Crippen MR) is 65.7 cm³/mol. The van der Waals surface area contributed by atoms with Crippen molar-refractivity contribution in [3.63, 3.8) is 0 Å². The summed E-state index contributed by atoms with van der Waals surface area (Å²) in [4.78, 5) is 13.4. The number of ether oxygens (including phenoxy) is 1. The van der Waals surface area contributed by atoms with Gasteiger partial charge in [0.25, 0.3) is 0 Å². The normalized spacial score (nSPS) is 11.0. The SMILES string of the molecule is O=C=Nc1cccc(Oc2c(F)cc(C(F)(F)F)cc2F)c1. The van der Waals surface area contributed by atoms with Crippen LogP contribution in [-0.4, -0.2) is 6.08 Å². The third-order valence-electron chi connectivity index (χ3n) is 2.54. The Morgan fingerprint density at radius 1 is 1.05 bits per heavy atom. The maximum Gasteiger partial charge on any atom is 0.416 e. The van der Waals surface area contributed by atoms with E-state index < -0.39 is 29.1 Å². The highest BCUT2D eigenvalue weighted by Gasteiger charge is 2.33. The number of hydrogen-bond donors (Lipinski definition) is 0. The molecular formula is C14H6F5NO2. The second-order valence-electron chi connectivity index (χ2n) is 4.07. The minimum absolute atomic E-state index is 0.103. The fourth-order valence-corrected chi connectivity index (χ4v) is 1.61. The maximum atomic E-state index is 13.6. The molecule has 0 fully saturated rings. The quantitative estimate of drug-likeness (QED) is 0.466. The zero-order chi connectivity index (χ0) is 16.3. The summed E-state index contributed by atoms with van der Waals surface area (Å²) in [6, 6.07) is 5.50. The summed E-state index contributed by atoms with van der Waals surface area (Å²) < 4.78 is 69.4. The van der Waals surface area contributed by atoms with Crippen molar-refractivity contribution in [2.45, 2.75) is 6.18 Å². The zero-order valence-electron chi connectivity index (χ0n) is 10.6. The molecule has 0 radical (unpaired) electrons. The molecule has 8 heteroatoms. The minimum atomic E-state index is -4.88. The van der Waals surface area contributed by atoms with Crippen molar-refractivity contribution >= 4 is 11.8 Å². The lowest BCUT2D eigenvalue weighted by Crippen LogP contribution is -2.07. The number of alkyl halides is 3. The van der Waals surface area contributed by atoms with Crippen molar-refractivity contribution in [2.24, 2.45) is 4.99 Å². The molecule has 0 bridgehead atoms. The van der Waals surface area contributed by atoms with Crippen LogP contribution >= 0.6 is 0 Å². The second-order valence-corrected chi connectivity index (χ2v) is 4.07. The summed E-state index contributed by atoms with van der Waals surface area (Å²) in [5.41, 5.74) is -1.35. The Balaban J connectivity index is 2.38. The van der Waals surface area contributed by atoms with Crippen molar-refractivity contribution in [2.75, 3.05) is 0 Å². The van der Waals surface area contributed by atoms with Crippen LogP contribution in [0, 0.1) is 11.6 Å². The van der Waals surface area contributed by atoms with Crippen LogP contribution in [0.2, 0.25) is 0 Å².